The number of imide groups is 1. The van der Waals surface area contributed by atoms with E-state index in [1.807, 2.05) is 0 Å². The van der Waals surface area contributed by atoms with E-state index < -0.39 is 27.5 Å². The number of benzene rings is 1. The number of fused-ring (bicyclic) bond motifs is 1. The largest absolute Gasteiger partial charge is 0.497 e. The molecule has 11 nitrogen and oxygen atoms in total. The first-order valence-electron chi connectivity index (χ1n) is 11.3. The number of hydrogen-bond acceptors (Lipinski definition) is 7. The van der Waals surface area contributed by atoms with Gasteiger partial charge in [0.05, 0.1) is 13.7 Å². The van der Waals surface area contributed by atoms with Gasteiger partial charge in [-0.05, 0) is 54.7 Å². The van der Waals surface area contributed by atoms with Crippen molar-refractivity contribution in [2.45, 2.75) is 30.0 Å². The maximum Gasteiger partial charge on any atom is 0.322 e. The van der Waals surface area contributed by atoms with E-state index in [0.717, 1.165) is 5.56 Å². The zero-order valence-corrected chi connectivity index (χ0v) is 19.9. The number of amides is 4. The average Bonchev–Trinajstić information content (AvgIpc) is 3.34. The summed E-state index contributed by atoms with van der Waals surface area (Å²) >= 11 is 0. The van der Waals surface area contributed by atoms with E-state index in [4.69, 9.17) is 4.74 Å². The fraction of sp³-hybridized carbons (Fsp3) is 0.391. The molecule has 0 spiro atoms. The van der Waals surface area contributed by atoms with E-state index in [2.05, 4.69) is 15.6 Å². The van der Waals surface area contributed by atoms with Crippen LogP contribution in [-0.2, 0) is 21.4 Å². The van der Waals surface area contributed by atoms with E-state index in [1.54, 1.807) is 42.3 Å². The molecule has 0 aliphatic carbocycles. The van der Waals surface area contributed by atoms with Crippen LogP contribution >= 0.6 is 0 Å². The third-order valence-electron chi connectivity index (χ3n) is 6.99. The van der Waals surface area contributed by atoms with Gasteiger partial charge >= 0.3 is 6.03 Å². The summed E-state index contributed by atoms with van der Waals surface area (Å²) in [7, 11) is -2.22. The van der Waals surface area contributed by atoms with Crippen molar-refractivity contribution >= 4 is 27.9 Å². The molecule has 0 radical (unpaired) electrons. The molecule has 1 unspecified atom stereocenters. The van der Waals surface area contributed by atoms with Crippen molar-refractivity contribution in [1.82, 2.24) is 24.8 Å². The first-order valence-corrected chi connectivity index (χ1v) is 12.7. The maximum absolute atomic E-state index is 13.1. The molecule has 5 rings (SSSR count). The number of urea groups is 1. The Balaban J connectivity index is 1.36. The lowest BCUT2D eigenvalue weighted by Crippen LogP contribution is -2.62. The Morgan fingerprint density at radius 3 is 2.54 bits per heavy atom. The van der Waals surface area contributed by atoms with Crippen molar-refractivity contribution < 1.29 is 27.5 Å². The van der Waals surface area contributed by atoms with Gasteiger partial charge in [0.15, 0.2) is 5.03 Å². The Morgan fingerprint density at radius 2 is 1.91 bits per heavy atom. The topological polar surface area (TPSA) is 138 Å². The third kappa shape index (κ3) is 3.92. The highest BCUT2D eigenvalue weighted by atomic mass is 32.2. The van der Waals surface area contributed by atoms with Gasteiger partial charge in [-0.3, -0.25) is 14.9 Å². The Kier molecular flexibility index (Phi) is 5.72. The van der Waals surface area contributed by atoms with E-state index in [9.17, 15) is 22.8 Å². The van der Waals surface area contributed by atoms with Crippen LogP contribution in [0.3, 0.4) is 0 Å². The summed E-state index contributed by atoms with van der Waals surface area (Å²) in [4.78, 5) is 43.9. The molecule has 0 saturated carbocycles. The van der Waals surface area contributed by atoms with Gasteiger partial charge in [-0.25, -0.2) is 18.2 Å². The highest BCUT2D eigenvalue weighted by molar-refractivity contribution is 7.89. The molecule has 2 N–H and O–H groups in total. The van der Waals surface area contributed by atoms with Crippen LogP contribution in [0.5, 0.6) is 5.75 Å². The number of carbonyl (C=O) groups is 3. The smallest absolute Gasteiger partial charge is 0.322 e. The van der Waals surface area contributed by atoms with Crippen molar-refractivity contribution in [3.05, 3.63) is 53.7 Å². The molecule has 3 aliphatic rings. The number of hydrogen-bond donors (Lipinski definition) is 2. The van der Waals surface area contributed by atoms with E-state index in [-0.39, 0.29) is 43.0 Å². The van der Waals surface area contributed by atoms with Crippen molar-refractivity contribution in [3.63, 3.8) is 0 Å². The molecular formula is C23H25N5O6S. The minimum absolute atomic E-state index is 0.0158. The van der Waals surface area contributed by atoms with Gasteiger partial charge in [0.1, 0.15) is 11.3 Å². The Labute approximate surface area is 202 Å². The van der Waals surface area contributed by atoms with Gasteiger partial charge in [0.25, 0.3) is 21.8 Å². The van der Waals surface area contributed by atoms with Gasteiger partial charge in [-0.1, -0.05) is 6.07 Å². The second-order valence-electron chi connectivity index (χ2n) is 8.91. The number of rotatable bonds is 6. The molecule has 2 aromatic rings. The predicted molar refractivity (Wildman–Crippen MR) is 123 cm³/mol. The molecule has 184 valence electrons. The lowest BCUT2D eigenvalue weighted by molar-refractivity contribution is -0.127. The monoisotopic (exact) mass is 499 g/mol. The molecule has 4 amide bonds. The number of methoxy groups -OCH3 is 1. The Bertz CT molecular complexity index is 1290. The first-order chi connectivity index (χ1) is 16.7. The maximum atomic E-state index is 13.1. The van der Waals surface area contributed by atoms with Crippen LogP contribution in [0.4, 0.5) is 4.79 Å². The van der Waals surface area contributed by atoms with Crippen molar-refractivity contribution in [2.75, 3.05) is 26.7 Å². The molecule has 2 saturated heterocycles. The number of aromatic nitrogens is 1. The standard InChI is InChI=1S/C23H25N5O6S/c1-34-17-5-6-18-15(12-17)13-27(20(18)29)14-23(21(30)25-22(31)26-23)16-7-10-28(11-8-16)35(32,33)19-4-2-3-9-24-19/h2-6,9,12,16H,7-8,10-11,13-14H2,1H3,(H2,25,26,30,31). The minimum Gasteiger partial charge on any atom is -0.497 e. The number of nitrogens with zero attached hydrogens (tertiary/aromatic N) is 3. The summed E-state index contributed by atoms with van der Waals surface area (Å²) < 4.78 is 32.5. The molecule has 0 bridgehead atoms. The highest BCUT2D eigenvalue weighted by Gasteiger charge is 2.54. The number of carbonyl (C=O) groups excluding carboxylic acids is 3. The van der Waals surface area contributed by atoms with Crippen LogP contribution in [0, 0.1) is 5.92 Å². The first kappa shape index (κ1) is 23.2. The van der Waals surface area contributed by atoms with Crippen LogP contribution in [0.1, 0.15) is 28.8 Å². The van der Waals surface area contributed by atoms with Crippen LogP contribution < -0.4 is 15.4 Å². The van der Waals surface area contributed by atoms with E-state index >= 15 is 0 Å². The zero-order valence-electron chi connectivity index (χ0n) is 19.1. The second-order valence-corrected chi connectivity index (χ2v) is 10.8. The van der Waals surface area contributed by atoms with Crippen molar-refractivity contribution in [1.29, 1.82) is 0 Å². The summed E-state index contributed by atoms with van der Waals surface area (Å²) in [5, 5.41) is 5.05. The molecule has 2 fully saturated rings. The van der Waals surface area contributed by atoms with Crippen molar-refractivity contribution in [2.24, 2.45) is 5.92 Å². The molecule has 1 aromatic heterocycles. The van der Waals surface area contributed by atoms with Crippen LogP contribution in [-0.4, -0.2) is 72.7 Å². The van der Waals surface area contributed by atoms with Crippen LogP contribution in [0.2, 0.25) is 0 Å². The normalized spacial score (nSPS) is 23.2. The fourth-order valence-electron chi connectivity index (χ4n) is 5.17. The van der Waals surface area contributed by atoms with Crippen molar-refractivity contribution in [3.8, 4) is 5.75 Å². The minimum atomic E-state index is -3.77. The Morgan fingerprint density at radius 1 is 1.14 bits per heavy atom. The van der Waals surface area contributed by atoms with Gasteiger partial charge in [0.2, 0.25) is 0 Å². The lowest BCUT2D eigenvalue weighted by atomic mass is 9.77. The zero-order chi connectivity index (χ0) is 24.8. The molecule has 1 aromatic carbocycles. The van der Waals surface area contributed by atoms with Crippen LogP contribution in [0.15, 0.2) is 47.6 Å². The lowest BCUT2D eigenvalue weighted by Gasteiger charge is -2.41. The molecule has 4 heterocycles. The summed E-state index contributed by atoms with van der Waals surface area (Å²) in [5.41, 5.74) is -0.0350. The van der Waals surface area contributed by atoms with Gasteiger partial charge in [-0.2, -0.15) is 4.31 Å². The van der Waals surface area contributed by atoms with E-state index in [1.165, 1.54) is 16.6 Å². The van der Waals surface area contributed by atoms with Gasteiger partial charge in [0, 0.05) is 31.4 Å². The second kappa shape index (κ2) is 8.61. The molecule has 3 aliphatic heterocycles. The molecular weight excluding hydrogens is 474 g/mol. The average molecular weight is 500 g/mol. The SMILES string of the molecule is COc1ccc2c(c1)CN(CC1(C3CCN(S(=O)(=O)c4ccccn4)CC3)NC(=O)NC1=O)C2=O. The summed E-state index contributed by atoms with van der Waals surface area (Å²) in [6.07, 6.45) is 2.10. The third-order valence-corrected chi connectivity index (χ3v) is 8.81. The predicted octanol–water partition coefficient (Wildman–Crippen LogP) is 0.725. The quantitative estimate of drug-likeness (QED) is 0.559. The van der Waals surface area contributed by atoms with Gasteiger partial charge < -0.3 is 15.0 Å². The van der Waals surface area contributed by atoms with E-state index in [0.29, 0.717) is 24.2 Å². The summed E-state index contributed by atoms with van der Waals surface area (Å²) in [6.45, 7) is 0.598. The van der Waals surface area contributed by atoms with Crippen LogP contribution in [0.25, 0.3) is 0 Å². The summed E-state index contributed by atoms with van der Waals surface area (Å²) in [6, 6.07) is 9.26. The molecule has 35 heavy (non-hydrogen) atoms. The molecule has 1 atom stereocenters. The molecule has 12 heteroatoms. The van der Waals surface area contributed by atoms with Gasteiger partial charge in [-0.15, -0.1) is 0 Å². The number of ether oxygens (including phenoxy) is 1. The number of pyridine rings is 1. The fourth-order valence-corrected chi connectivity index (χ4v) is 6.57. The number of nitrogens with one attached hydrogen (secondary N) is 2. The number of sulfonamides is 1. The number of piperidine rings is 1. The highest BCUT2D eigenvalue weighted by Crippen LogP contribution is 2.36. The summed E-state index contributed by atoms with van der Waals surface area (Å²) in [5.74, 6) is -0.474. The Hall–Kier alpha value is -3.51.